The maximum Gasteiger partial charge on any atom is 0.132 e. The van der Waals surface area contributed by atoms with Gasteiger partial charge in [0.25, 0.3) is 0 Å². The molecule has 0 saturated carbocycles. The van der Waals surface area contributed by atoms with Crippen molar-refractivity contribution in [2.75, 3.05) is 4.90 Å². The van der Waals surface area contributed by atoms with Crippen LogP contribution in [0.25, 0.3) is 22.3 Å². The first kappa shape index (κ1) is 30.5. The predicted octanol–water partition coefficient (Wildman–Crippen LogP) is 13.4. The van der Waals surface area contributed by atoms with Crippen molar-refractivity contribution < 1.29 is 4.74 Å². The van der Waals surface area contributed by atoms with E-state index in [1.165, 1.54) is 43.2 Å². The smallest absolute Gasteiger partial charge is 0.132 e. The van der Waals surface area contributed by atoms with E-state index in [1.807, 2.05) is 11.8 Å². The van der Waals surface area contributed by atoms with Crippen molar-refractivity contribution in [3.63, 3.8) is 0 Å². The van der Waals surface area contributed by atoms with Crippen LogP contribution in [0.15, 0.2) is 210 Å². The molecule has 1 spiro atoms. The summed E-state index contributed by atoms with van der Waals surface area (Å²) in [5.74, 6) is 1.77. The molecule has 0 N–H and O–H groups in total. The average Bonchev–Trinajstić information content (AvgIpc) is 3.22. The minimum Gasteiger partial charge on any atom is -0.457 e. The van der Waals surface area contributed by atoms with Crippen LogP contribution in [-0.4, -0.2) is 0 Å². The van der Waals surface area contributed by atoms with Crippen LogP contribution in [0.5, 0.6) is 11.5 Å². The maximum atomic E-state index is 6.77. The van der Waals surface area contributed by atoms with Gasteiger partial charge in [0.1, 0.15) is 11.5 Å². The van der Waals surface area contributed by atoms with E-state index in [9.17, 15) is 0 Å². The Labute approximate surface area is 308 Å². The maximum absolute atomic E-state index is 6.77. The third kappa shape index (κ3) is 4.81. The molecule has 0 saturated heterocycles. The van der Waals surface area contributed by atoms with Gasteiger partial charge in [-0.05, 0) is 94.0 Å². The first-order chi connectivity index (χ1) is 25.8. The number of hydrogen-bond donors (Lipinski definition) is 0. The van der Waals surface area contributed by atoms with Gasteiger partial charge in [0.2, 0.25) is 0 Å². The number of benzene rings is 8. The van der Waals surface area contributed by atoms with E-state index in [0.717, 1.165) is 39.7 Å². The Hall–Kier alpha value is -6.29. The second-order valence-corrected chi connectivity index (χ2v) is 14.3. The molecule has 0 radical (unpaired) electrons. The number of nitrogens with zero attached hydrogens (tertiary/aromatic N) is 1. The lowest BCUT2D eigenvalue weighted by Gasteiger charge is -2.45. The molecule has 2 nitrogen and oxygen atoms in total. The quantitative estimate of drug-likeness (QED) is 0.179. The van der Waals surface area contributed by atoms with Crippen molar-refractivity contribution >= 4 is 28.8 Å². The fourth-order valence-corrected chi connectivity index (χ4v) is 9.35. The Bertz CT molecular complexity index is 2480. The molecular weight excluding hydrogens is 651 g/mol. The molecule has 2 aliphatic rings. The molecule has 8 aromatic carbocycles. The van der Waals surface area contributed by atoms with Crippen molar-refractivity contribution in [2.24, 2.45) is 0 Å². The summed E-state index contributed by atoms with van der Waals surface area (Å²) in [7, 11) is 0. The largest absolute Gasteiger partial charge is 0.457 e. The SMILES string of the molecule is c1ccc(-c2ccccc2-c2ccc(N(c3ccccc3)c3ccc4c(c3)C3(c5ccccc5O4)c4ccccc4Sc4ccccc43)cc2)cc1. The summed E-state index contributed by atoms with van der Waals surface area (Å²) < 4.78 is 6.77. The van der Waals surface area contributed by atoms with Gasteiger partial charge in [-0.25, -0.2) is 0 Å². The Morgan fingerprint density at radius 1 is 0.365 bits per heavy atom. The van der Waals surface area contributed by atoms with E-state index in [1.54, 1.807) is 0 Å². The lowest BCUT2D eigenvalue weighted by atomic mass is 9.63. The highest BCUT2D eigenvalue weighted by Crippen LogP contribution is 2.62. The van der Waals surface area contributed by atoms with E-state index >= 15 is 0 Å². The molecule has 3 heteroatoms. The molecule has 2 heterocycles. The van der Waals surface area contributed by atoms with Crippen molar-refractivity contribution in [1.82, 2.24) is 0 Å². The van der Waals surface area contributed by atoms with Crippen LogP contribution in [0.3, 0.4) is 0 Å². The second-order valence-electron chi connectivity index (χ2n) is 13.3. The second kappa shape index (κ2) is 12.5. The number of ether oxygens (including phenoxy) is 1. The molecule has 0 aromatic heterocycles. The van der Waals surface area contributed by atoms with Crippen molar-refractivity contribution in [3.8, 4) is 33.8 Å². The summed E-state index contributed by atoms with van der Waals surface area (Å²) in [5, 5.41) is 0. The van der Waals surface area contributed by atoms with Gasteiger partial charge in [0.05, 0.1) is 5.41 Å². The Morgan fingerprint density at radius 2 is 0.846 bits per heavy atom. The zero-order valence-corrected chi connectivity index (χ0v) is 29.1. The minimum absolute atomic E-state index is 0.564. The summed E-state index contributed by atoms with van der Waals surface area (Å²) >= 11 is 1.85. The summed E-state index contributed by atoms with van der Waals surface area (Å²) in [6.07, 6.45) is 0. The fraction of sp³-hybridized carbons (Fsp3) is 0.0204. The monoisotopic (exact) mass is 683 g/mol. The molecule has 2 aliphatic heterocycles. The first-order valence-electron chi connectivity index (χ1n) is 17.7. The molecule has 0 atom stereocenters. The number of para-hydroxylation sites is 2. The number of rotatable bonds is 5. The van der Waals surface area contributed by atoms with Crippen LogP contribution in [0, 0.1) is 0 Å². The molecule has 8 aromatic rings. The zero-order valence-electron chi connectivity index (χ0n) is 28.3. The molecule has 0 aliphatic carbocycles. The number of hydrogen-bond acceptors (Lipinski definition) is 3. The van der Waals surface area contributed by atoms with Crippen LogP contribution in [-0.2, 0) is 5.41 Å². The highest BCUT2D eigenvalue weighted by Gasteiger charge is 2.49. The topological polar surface area (TPSA) is 12.5 Å². The third-order valence-electron chi connectivity index (χ3n) is 10.4. The minimum atomic E-state index is -0.564. The Balaban J connectivity index is 1.17. The van der Waals surface area contributed by atoms with E-state index in [-0.39, 0.29) is 0 Å². The summed E-state index contributed by atoms with van der Waals surface area (Å²) in [4.78, 5) is 4.89. The zero-order chi connectivity index (χ0) is 34.5. The number of fused-ring (bicyclic) bond motifs is 8. The van der Waals surface area contributed by atoms with Crippen LogP contribution >= 0.6 is 11.8 Å². The average molecular weight is 684 g/mol. The standard InChI is InChI=1S/C49H33NOS/c1-3-15-34(16-4-1)39-19-7-8-20-40(39)35-27-29-37(30-28-35)50(36-17-5-2-6-18-36)38-31-32-46-44(33-38)49(41-21-9-12-24-45(41)51-46)42-22-10-13-25-47(42)52-48-26-14-11-23-43(48)49/h1-33H. The van der Waals surface area contributed by atoms with E-state index < -0.39 is 5.41 Å². The van der Waals surface area contributed by atoms with Crippen LogP contribution in [0.4, 0.5) is 17.1 Å². The van der Waals surface area contributed by atoms with Crippen molar-refractivity contribution in [2.45, 2.75) is 15.2 Å². The fourth-order valence-electron chi connectivity index (χ4n) is 8.16. The third-order valence-corrected chi connectivity index (χ3v) is 11.6. The molecule has 0 amide bonds. The highest BCUT2D eigenvalue weighted by atomic mass is 32.2. The van der Waals surface area contributed by atoms with Gasteiger partial charge in [-0.3, -0.25) is 0 Å². The molecule has 0 bridgehead atoms. The summed E-state index contributed by atoms with van der Waals surface area (Å²) in [6, 6.07) is 72.0. The molecule has 52 heavy (non-hydrogen) atoms. The summed E-state index contributed by atoms with van der Waals surface area (Å²) in [6.45, 7) is 0. The van der Waals surface area contributed by atoms with Crippen molar-refractivity contribution in [1.29, 1.82) is 0 Å². The van der Waals surface area contributed by atoms with Crippen LogP contribution in [0.2, 0.25) is 0 Å². The van der Waals surface area contributed by atoms with Gasteiger partial charge in [-0.15, -0.1) is 0 Å². The van der Waals surface area contributed by atoms with E-state index in [4.69, 9.17) is 4.74 Å². The molecule has 10 rings (SSSR count). The molecule has 0 unspecified atom stereocenters. The highest BCUT2D eigenvalue weighted by molar-refractivity contribution is 7.99. The van der Waals surface area contributed by atoms with Crippen molar-refractivity contribution in [3.05, 3.63) is 222 Å². The predicted molar refractivity (Wildman–Crippen MR) is 215 cm³/mol. The molecule has 0 fully saturated rings. The van der Waals surface area contributed by atoms with Crippen LogP contribution in [0.1, 0.15) is 22.3 Å². The van der Waals surface area contributed by atoms with Crippen LogP contribution < -0.4 is 9.64 Å². The van der Waals surface area contributed by atoms with Gasteiger partial charge < -0.3 is 9.64 Å². The Morgan fingerprint density at radius 3 is 1.52 bits per heavy atom. The normalized spacial score (nSPS) is 13.2. The molecule has 246 valence electrons. The van der Waals surface area contributed by atoms with E-state index in [2.05, 4.69) is 205 Å². The molecular formula is C49H33NOS. The van der Waals surface area contributed by atoms with Gasteiger partial charge >= 0.3 is 0 Å². The lowest BCUT2D eigenvalue weighted by molar-refractivity contribution is 0.431. The van der Waals surface area contributed by atoms with E-state index in [0.29, 0.717) is 0 Å². The van der Waals surface area contributed by atoms with Gasteiger partial charge in [-0.2, -0.15) is 0 Å². The summed E-state index contributed by atoms with van der Waals surface area (Å²) in [5.41, 5.74) is 12.4. The number of anilines is 3. The first-order valence-corrected chi connectivity index (χ1v) is 18.5. The lowest BCUT2D eigenvalue weighted by Crippen LogP contribution is -2.36. The Kier molecular flexibility index (Phi) is 7.33. The van der Waals surface area contributed by atoms with Gasteiger partial charge in [0, 0.05) is 38.0 Å². The van der Waals surface area contributed by atoms with Gasteiger partial charge in [0.15, 0.2) is 0 Å². The van der Waals surface area contributed by atoms with Gasteiger partial charge in [-0.1, -0.05) is 151 Å².